The third-order valence-corrected chi connectivity index (χ3v) is 3.57. The molecule has 2 aromatic rings. The van der Waals surface area contributed by atoms with Gasteiger partial charge in [0.25, 0.3) is 5.91 Å². The first-order valence-corrected chi connectivity index (χ1v) is 8.03. The lowest BCUT2D eigenvalue weighted by atomic mass is 10.1. The maximum atomic E-state index is 12.1. The number of benzene rings is 2. The Morgan fingerprint density at radius 3 is 2.40 bits per heavy atom. The van der Waals surface area contributed by atoms with Gasteiger partial charge in [-0.2, -0.15) is 0 Å². The number of hydrogen-bond donors (Lipinski definition) is 3. The van der Waals surface area contributed by atoms with E-state index in [2.05, 4.69) is 16.0 Å². The van der Waals surface area contributed by atoms with E-state index in [4.69, 9.17) is 4.74 Å². The highest BCUT2D eigenvalue weighted by Gasteiger charge is 2.09. The molecule has 0 saturated carbocycles. The number of ether oxygens (including phenoxy) is 1. The van der Waals surface area contributed by atoms with Crippen LogP contribution in [0.2, 0.25) is 0 Å². The summed E-state index contributed by atoms with van der Waals surface area (Å²) in [6.07, 6.45) is 0. The molecule has 0 saturated heterocycles. The van der Waals surface area contributed by atoms with Crippen molar-refractivity contribution in [1.29, 1.82) is 0 Å². The maximum absolute atomic E-state index is 12.1. The molecule has 25 heavy (non-hydrogen) atoms. The zero-order chi connectivity index (χ0) is 18.2. The highest BCUT2D eigenvalue weighted by molar-refractivity contribution is 5.95. The molecule has 132 valence electrons. The van der Waals surface area contributed by atoms with Crippen molar-refractivity contribution in [1.82, 2.24) is 5.32 Å². The zero-order valence-corrected chi connectivity index (χ0v) is 14.7. The van der Waals surface area contributed by atoms with Crippen molar-refractivity contribution in [3.05, 3.63) is 53.6 Å². The van der Waals surface area contributed by atoms with E-state index < -0.39 is 0 Å². The number of anilines is 2. The lowest BCUT2D eigenvalue weighted by Crippen LogP contribution is -2.21. The fourth-order valence-corrected chi connectivity index (χ4v) is 2.38. The first-order valence-electron chi connectivity index (χ1n) is 8.03. The van der Waals surface area contributed by atoms with E-state index in [1.807, 2.05) is 38.2 Å². The standard InChI is InChI=1S/C19H23N3O3/c1-13-17(21-14(2)23)8-5-9-18(13)22-19(24)12-25-16-7-4-6-15(10-16)11-20-3/h4-10,20H,11-12H2,1-3H3,(H,21,23)(H,22,24). The maximum Gasteiger partial charge on any atom is 0.262 e. The van der Waals surface area contributed by atoms with Crippen LogP contribution in [0.25, 0.3) is 0 Å². The number of hydrogen-bond acceptors (Lipinski definition) is 4. The average molecular weight is 341 g/mol. The highest BCUT2D eigenvalue weighted by atomic mass is 16.5. The van der Waals surface area contributed by atoms with Crippen molar-refractivity contribution < 1.29 is 14.3 Å². The molecule has 2 amide bonds. The molecule has 6 heteroatoms. The highest BCUT2D eigenvalue weighted by Crippen LogP contribution is 2.23. The summed E-state index contributed by atoms with van der Waals surface area (Å²) < 4.78 is 5.55. The molecule has 0 unspecified atom stereocenters. The smallest absolute Gasteiger partial charge is 0.262 e. The molecule has 0 aliphatic rings. The van der Waals surface area contributed by atoms with Gasteiger partial charge in [0.1, 0.15) is 5.75 Å². The van der Waals surface area contributed by atoms with E-state index in [1.54, 1.807) is 18.2 Å². The van der Waals surface area contributed by atoms with E-state index in [-0.39, 0.29) is 18.4 Å². The normalized spacial score (nSPS) is 10.2. The van der Waals surface area contributed by atoms with Gasteiger partial charge in [0.2, 0.25) is 5.91 Å². The minimum atomic E-state index is -0.262. The van der Waals surface area contributed by atoms with Crippen molar-refractivity contribution in [2.24, 2.45) is 0 Å². The van der Waals surface area contributed by atoms with Crippen LogP contribution in [0.1, 0.15) is 18.1 Å². The van der Waals surface area contributed by atoms with Crippen LogP contribution >= 0.6 is 0 Å². The average Bonchev–Trinajstić information content (AvgIpc) is 2.57. The molecule has 0 heterocycles. The molecule has 3 N–H and O–H groups in total. The van der Waals surface area contributed by atoms with Crippen LogP contribution < -0.4 is 20.7 Å². The molecule has 0 radical (unpaired) electrons. The van der Waals surface area contributed by atoms with Crippen molar-refractivity contribution in [2.75, 3.05) is 24.3 Å². The lowest BCUT2D eigenvalue weighted by Gasteiger charge is -2.13. The van der Waals surface area contributed by atoms with Crippen LogP contribution in [-0.4, -0.2) is 25.5 Å². The van der Waals surface area contributed by atoms with Crippen LogP contribution in [0.3, 0.4) is 0 Å². The zero-order valence-electron chi connectivity index (χ0n) is 14.7. The molecule has 6 nitrogen and oxygen atoms in total. The number of carbonyl (C=O) groups is 2. The van der Waals surface area contributed by atoms with Gasteiger partial charge >= 0.3 is 0 Å². The molecular weight excluding hydrogens is 318 g/mol. The molecule has 0 aromatic heterocycles. The third kappa shape index (κ3) is 5.61. The van der Waals surface area contributed by atoms with Crippen molar-refractivity contribution in [3.63, 3.8) is 0 Å². The van der Waals surface area contributed by atoms with Crippen molar-refractivity contribution in [3.8, 4) is 5.75 Å². The summed E-state index contributed by atoms with van der Waals surface area (Å²) in [6, 6.07) is 12.9. The summed E-state index contributed by atoms with van der Waals surface area (Å²) in [7, 11) is 1.87. The van der Waals surface area contributed by atoms with E-state index in [1.165, 1.54) is 6.92 Å². The summed E-state index contributed by atoms with van der Waals surface area (Å²) in [5.74, 6) is 0.227. The van der Waals surface area contributed by atoms with Crippen LogP contribution in [0.4, 0.5) is 11.4 Å². The summed E-state index contributed by atoms with van der Waals surface area (Å²) in [4.78, 5) is 23.4. The van der Waals surface area contributed by atoms with Gasteiger partial charge in [0, 0.05) is 24.8 Å². The SMILES string of the molecule is CNCc1cccc(OCC(=O)Nc2cccc(NC(C)=O)c2C)c1. The van der Waals surface area contributed by atoms with E-state index in [9.17, 15) is 9.59 Å². The first kappa shape index (κ1) is 18.5. The number of nitrogens with one attached hydrogen (secondary N) is 3. The summed E-state index contributed by atoms with van der Waals surface area (Å²) in [5, 5.41) is 8.61. The Labute approximate surface area is 147 Å². The van der Waals surface area contributed by atoms with Crippen molar-refractivity contribution in [2.45, 2.75) is 20.4 Å². The first-order chi connectivity index (χ1) is 12.0. The van der Waals surface area contributed by atoms with Gasteiger partial charge in [-0.15, -0.1) is 0 Å². The second-order valence-electron chi connectivity index (χ2n) is 5.67. The van der Waals surface area contributed by atoms with E-state index in [0.29, 0.717) is 17.1 Å². The number of rotatable bonds is 7. The lowest BCUT2D eigenvalue weighted by molar-refractivity contribution is -0.118. The van der Waals surface area contributed by atoms with Gasteiger partial charge in [-0.05, 0) is 49.4 Å². The Hall–Kier alpha value is -2.86. The Balaban J connectivity index is 1.96. The molecular formula is C19H23N3O3. The van der Waals surface area contributed by atoms with Gasteiger partial charge in [-0.3, -0.25) is 9.59 Å². The van der Waals surface area contributed by atoms with E-state index in [0.717, 1.165) is 17.7 Å². The van der Waals surface area contributed by atoms with Crippen LogP contribution in [0.5, 0.6) is 5.75 Å². The van der Waals surface area contributed by atoms with Crippen LogP contribution in [0, 0.1) is 6.92 Å². The van der Waals surface area contributed by atoms with Gasteiger partial charge in [0.15, 0.2) is 6.61 Å². The largest absolute Gasteiger partial charge is 0.484 e. The Bertz CT molecular complexity index is 759. The predicted octanol–water partition coefficient (Wildman–Crippen LogP) is 2.69. The van der Waals surface area contributed by atoms with Gasteiger partial charge in [-0.1, -0.05) is 18.2 Å². The number of amides is 2. The van der Waals surface area contributed by atoms with E-state index >= 15 is 0 Å². The molecule has 0 atom stereocenters. The summed E-state index contributed by atoms with van der Waals surface area (Å²) >= 11 is 0. The van der Waals surface area contributed by atoms with Crippen molar-refractivity contribution >= 4 is 23.2 Å². The number of carbonyl (C=O) groups excluding carboxylic acids is 2. The van der Waals surface area contributed by atoms with Crippen LogP contribution in [0.15, 0.2) is 42.5 Å². The Morgan fingerprint density at radius 1 is 1.04 bits per heavy atom. The Kier molecular flexibility index (Phi) is 6.54. The molecule has 0 aliphatic carbocycles. The third-order valence-electron chi connectivity index (χ3n) is 3.57. The van der Waals surface area contributed by atoms with Gasteiger partial charge in [0.05, 0.1) is 0 Å². The fourth-order valence-electron chi connectivity index (χ4n) is 2.38. The Morgan fingerprint density at radius 2 is 1.72 bits per heavy atom. The quantitative estimate of drug-likeness (QED) is 0.723. The van der Waals surface area contributed by atoms with Gasteiger partial charge in [-0.25, -0.2) is 0 Å². The summed E-state index contributed by atoms with van der Waals surface area (Å²) in [6.45, 7) is 3.93. The molecule has 2 aromatic carbocycles. The molecule has 0 bridgehead atoms. The topological polar surface area (TPSA) is 79.5 Å². The fraction of sp³-hybridized carbons (Fsp3) is 0.263. The second-order valence-corrected chi connectivity index (χ2v) is 5.67. The van der Waals surface area contributed by atoms with Gasteiger partial charge < -0.3 is 20.7 Å². The molecule has 0 spiro atoms. The second kappa shape index (κ2) is 8.84. The minimum Gasteiger partial charge on any atom is -0.484 e. The predicted molar refractivity (Wildman–Crippen MR) is 98.8 cm³/mol. The minimum absolute atomic E-state index is 0.0905. The summed E-state index contributed by atoms with van der Waals surface area (Å²) in [5.41, 5.74) is 3.19. The van der Waals surface area contributed by atoms with Crippen LogP contribution in [-0.2, 0) is 16.1 Å². The molecule has 0 aliphatic heterocycles. The molecule has 0 fully saturated rings. The molecule has 2 rings (SSSR count). The monoisotopic (exact) mass is 341 g/mol.